The van der Waals surface area contributed by atoms with Crippen molar-refractivity contribution in [2.24, 2.45) is 11.7 Å². The summed E-state index contributed by atoms with van der Waals surface area (Å²) in [6.07, 6.45) is 6.09. The summed E-state index contributed by atoms with van der Waals surface area (Å²) in [5, 5.41) is 0. The van der Waals surface area contributed by atoms with Gasteiger partial charge in [0.05, 0.1) is 0 Å². The van der Waals surface area contributed by atoms with Crippen LogP contribution in [0.4, 0.5) is 0 Å². The molecule has 0 aliphatic heterocycles. The molecule has 0 aromatic carbocycles. The average molecular weight is 242 g/mol. The van der Waals surface area contributed by atoms with Gasteiger partial charge >= 0.3 is 0 Å². The predicted octanol–water partition coefficient (Wildman–Crippen LogP) is 3.65. The van der Waals surface area contributed by atoms with Gasteiger partial charge in [-0.2, -0.15) is 0 Å². The summed E-state index contributed by atoms with van der Waals surface area (Å²) in [5.74, 6) is 0.831. The van der Waals surface area contributed by atoms with Crippen LogP contribution in [0.3, 0.4) is 0 Å². The fraction of sp³-hybridized carbons (Fsp3) is 1.00. The molecule has 2 unspecified atom stereocenters. The Morgan fingerprint density at radius 2 is 1.53 bits per heavy atom. The van der Waals surface area contributed by atoms with Crippen molar-refractivity contribution in [3.05, 3.63) is 0 Å². The maximum absolute atomic E-state index is 6.33. The lowest BCUT2D eigenvalue weighted by Crippen LogP contribution is -2.49. The first kappa shape index (κ1) is 16.9. The SMILES string of the molecule is CCCC(N)C(CC)N(CC)CC(CC)CC. The van der Waals surface area contributed by atoms with Gasteiger partial charge in [0.25, 0.3) is 0 Å². The van der Waals surface area contributed by atoms with E-state index in [4.69, 9.17) is 5.73 Å². The molecule has 0 aromatic heterocycles. The molecule has 2 N–H and O–H groups in total. The van der Waals surface area contributed by atoms with E-state index in [2.05, 4.69) is 39.5 Å². The quantitative estimate of drug-likeness (QED) is 0.633. The van der Waals surface area contributed by atoms with Crippen LogP contribution in [0.15, 0.2) is 0 Å². The lowest BCUT2D eigenvalue weighted by atomic mass is 9.96. The van der Waals surface area contributed by atoms with Crippen LogP contribution in [0, 0.1) is 5.92 Å². The first-order chi connectivity index (χ1) is 8.14. The summed E-state index contributed by atoms with van der Waals surface area (Å²) < 4.78 is 0. The van der Waals surface area contributed by atoms with Crippen molar-refractivity contribution in [3.63, 3.8) is 0 Å². The molecule has 0 radical (unpaired) electrons. The standard InChI is InChI=1S/C15H34N2/c1-6-11-14(16)15(9-4)17(10-5)12-13(7-2)8-3/h13-15H,6-12,16H2,1-5H3. The van der Waals surface area contributed by atoms with E-state index in [1.807, 2.05) is 0 Å². The molecule has 0 fully saturated rings. The zero-order valence-corrected chi connectivity index (χ0v) is 12.7. The molecular formula is C15H34N2. The van der Waals surface area contributed by atoms with Crippen molar-refractivity contribution in [1.82, 2.24) is 4.90 Å². The number of hydrogen-bond acceptors (Lipinski definition) is 2. The van der Waals surface area contributed by atoms with Gasteiger partial charge in [0.1, 0.15) is 0 Å². The summed E-state index contributed by atoms with van der Waals surface area (Å²) in [6, 6.07) is 0.917. The van der Waals surface area contributed by atoms with E-state index in [0.29, 0.717) is 12.1 Å². The maximum Gasteiger partial charge on any atom is 0.0244 e. The van der Waals surface area contributed by atoms with Gasteiger partial charge in [0, 0.05) is 18.6 Å². The first-order valence-corrected chi connectivity index (χ1v) is 7.63. The molecule has 0 saturated heterocycles. The molecule has 0 bridgehead atoms. The van der Waals surface area contributed by atoms with Crippen LogP contribution < -0.4 is 5.73 Å². The minimum absolute atomic E-state index is 0.347. The Kier molecular flexibility index (Phi) is 9.85. The topological polar surface area (TPSA) is 29.3 Å². The molecule has 2 heteroatoms. The average Bonchev–Trinajstić information content (AvgIpc) is 2.34. The maximum atomic E-state index is 6.33. The minimum Gasteiger partial charge on any atom is -0.326 e. The zero-order valence-electron chi connectivity index (χ0n) is 12.7. The molecule has 2 atom stereocenters. The normalized spacial score (nSPS) is 15.5. The van der Waals surface area contributed by atoms with Crippen molar-refractivity contribution < 1.29 is 0 Å². The van der Waals surface area contributed by atoms with Crippen molar-refractivity contribution in [2.45, 2.75) is 78.8 Å². The van der Waals surface area contributed by atoms with Gasteiger partial charge < -0.3 is 5.73 Å². The third-order valence-corrected chi connectivity index (χ3v) is 4.06. The van der Waals surface area contributed by atoms with E-state index in [1.165, 1.54) is 32.2 Å². The lowest BCUT2D eigenvalue weighted by molar-refractivity contribution is 0.141. The van der Waals surface area contributed by atoms with Crippen molar-refractivity contribution >= 4 is 0 Å². The Hall–Kier alpha value is -0.0800. The number of rotatable bonds is 10. The van der Waals surface area contributed by atoms with Crippen LogP contribution in [-0.4, -0.2) is 30.1 Å². The number of likely N-dealkylation sites (N-methyl/N-ethyl adjacent to an activating group) is 1. The fourth-order valence-corrected chi connectivity index (χ4v) is 2.73. The second-order valence-electron chi connectivity index (χ2n) is 5.20. The van der Waals surface area contributed by atoms with E-state index in [0.717, 1.165) is 18.9 Å². The third-order valence-electron chi connectivity index (χ3n) is 4.06. The fourth-order valence-electron chi connectivity index (χ4n) is 2.73. The Morgan fingerprint density at radius 3 is 1.88 bits per heavy atom. The van der Waals surface area contributed by atoms with Gasteiger partial charge in [-0.15, -0.1) is 0 Å². The highest BCUT2D eigenvalue weighted by atomic mass is 15.2. The van der Waals surface area contributed by atoms with E-state index < -0.39 is 0 Å². The lowest BCUT2D eigenvalue weighted by Gasteiger charge is -2.36. The summed E-state index contributed by atoms with van der Waals surface area (Å²) >= 11 is 0. The molecule has 0 aliphatic carbocycles. The smallest absolute Gasteiger partial charge is 0.0244 e. The van der Waals surface area contributed by atoms with E-state index >= 15 is 0 Å². The molecule has 0 spiro atoms. The molecular weight excluding hydrogens is 208 g/mol. The Labute approximate surface area is 109 Å². The van der Waals surface area contributed by atoms with Crippen molar-refractivity contribution in [1.29, 1.82) is 0 Å². The van der Waals surface area contributed by atoms with Crippen molar-refractivity contribution in [2.75, 3.05) is 13.1 Å². The van der Waals surface area contributed by atoms with Gasteiger partial charge in [-0.1, -0.05) is 53.9 Å². The van der Waals surface area contributed by atoms with E-state index in [9.17, 15) is 0 Å². The Balaban J connectivity index is 4.46. The van der Waals surface area contributed by atoms with Gasteiger partial charge in [-0.05, 0) is 25.3 Å². The van der Waals surface area contributed by atoms with Gasteiger partial charge in [-0.3, -0.25) is 4.90 Å². The largest absolute Gasteiger partial charge is 0.326 e. The van der Waals surface area contributed by atoms with Crippen LogP contribution >= 0.6 is 0 Å². The Bertz CT molecular complexity index is 166. The van der Waals surface area contributed by atoms with Crippen LogP contribution in [0.5, 0.6) is 0 Å². The van der Waals surface area contributed by atoms with E-state index in [-0.39, 0.29) is 0 Å². The highest BCUT2D eigenvalue weighted by molar-refractivity contribution is 4.81. The highest BCUT2D eigenvalue weighted by Crippen LogP contribution is 2.17. The summed E-state index contributed by atoms with van der Waals surface area (Å²) in [7, 11) is 0. The van der Waals surface area contributed by atoms with Gasteiger partial charge in [0.2, 0.25) is 0 Å². The molecule has 0 amide bonds. The van der Waals surface area contributed by atoms with Gasteiger partial charge in [-0.25, -0.2) is 0 Å². The molecule has 0 aliphatic rings. The molecule has 0 saturated carbocycles. The first-order valence-electron chi connectivity index (χ1n) is 7.63. The van der Waals surface area contributed by atoms with Crippen LogP contribution in [0.1, 0.15) is 66.7 Å². The molecule has 0 heterocycles. The van der Waals surface area contributed by atoms with Crippen LogP contribution in [0.25, 0.3) is 0 Å². The number of nitrogens with zero attached hydrogens (tertiary/aromatic N) is 1. The third kappa shape index (κ3) is 5.87. The summed E-state index contributed by atoms with van der Waals surface area (Å²) in [6.45, 7) is 13.7. The van der Waals surface area contributed by atoms with Gasteiger partial charge in [0.15, 0.2) is 0 Å². The highest BCUT2D eigenvalue weighted by Gasteiger charge is 2.23. The molecule has 2 nitrogen and oxygen atoms in total. The Morgan fingerprint density at radius 1 is 0.941 bits per heavy atom. The number of hydrogen-bond donors (Lipinski definition) is 1. The minimum atomic E-state index is 0.347. The summed E-state index contributed by atoms with van der Waals surface area (Å²) in [5.41, 5.74) is 6.33. The predicted molar refractivity (Wildman–Crippen MR) is 78.3 cm³/mol. The summed E-state index contributed by atoms with van der Waals surface area (Å²) in [4.78, 5) is 2.61. The second-order valence-corrected chi connectivity index (χ2v) is 5.20. The van der Waals surface area contributed by atoms with E-state index in [1.54, 1.807) is 0 Å². The molecule has 17 heavy (non-hydrogen) atoms. The number of nitrogens with two attached hydrogens (primary N) is 1. The molecule has 104 valence electrons. The van der Waals surface area contributed by atoms with Crippen LogP contribution in [0.2, 0.25) is 0 Å². The monoisotopic (exact) mass is 242 g/mol. The second kappa shape index (κ2) is 9.90. The van der Waals surface area contributed by atoms with Crippen molar-refractivity contribution in [3.8, 4) is 0 Å². The zero-order chi connectivity index (χ0) is 13.3. The van der Waals surface area contributed by atoms with Crippen LogP contribution in [-0.2, 0) is 0 Å². The molecule has 0 aromatic rings. The molecule has 0 rings (SSSR count).